The van der Waals surface area contributed by atoms with Gasteiger partial charge in [-0.15, -0.1) is 0 Å². The molecule has 0 aromatic rings. The van der Waals surface area contributed by atoms with E-state index in [1.165, 1.54) is 0 Å². The standard InChI is InChI=1S/C22H38O6/c1-4-7-16-19(23)17-14-12-10-8-9-11-13-15-18-22(26,27-20(24)5-2)28-21(25)6-3/h5-6,19,23,26H,2-4,7-18H2,1H3. The molecule has 0 rings (SSSR count). The first-order valence-corrected chi connectivity index (χ1v) is 10.5. The predicted octanol–water partition coefficient (Wildman–Crippen LogP) is 4.54. The number of esters is 2. The number of carbonyl (C=O) groups is 2. The number of aliphatic hydroxyl groups is 2. The van der Waals surface area contributed by atoms with E-state index in [0.29, 0.717) is 6.42 Å². The van der Waals surface area contributed by atoms with Crippen molar-refractivity contribution in [2.24, 2.45) is 0 Å². The van der Waals surface area contributed by atoms with Crippen molar-refractivity contribution in [3.05, 3.63) is 25.3 Å². The highest BCUT2D eigenvalue weighted by Gasteiger charge is 2.34. The zero-order chi connectivity index (χ0) is 21.3. The lowest BCUT2D eigenvalue weighted by Gasteiger charge is -2.25. The van der Waals surface area contributed by atoms with E-state index in [-0.39, 0.29) is 12.5 Å². The Labute approximate surface area is 169 Å². The average Bonchev–Trinajstić information content (AvgIpc) is 2.67. The minimum atomic E-state index is -2.28. The molecule has 2 N–H and O–H groups in total. The molecule has 0 aromatic carbocycles. The van der Waals surface area contributed by atoms with Crippen LogP contribution in [-0.4, -0.2) is 34.2 Å². The lowest BCUT2D eigenvalue weighted by molar-refractivity contribution is -0.324. The van der Waals surface area contributed by atoms with Crippen molar-refractivity contribution in [2.75, 3.05) is 0 Å². The number of hydrogen-bond donors (Lipinski definition) is 2. The van der Waals surface area contributed by atoms with Crippen molar-refractivity contribution in [3.63, 3.8) is 0 Å². The summed E-state index contributed by atoms with van der Waals surface area (Å²) in [6.45, 7) is 8.65. The van der Waals surface area contributed by atoms with Gasteiger partial charge in [0.15, 0.2) is 0 Å². The van der Waals surface area contributed by atoms with Crippen LogP contribution in [0.4, 0.5) is 0 Å². The highest BCUT2D eigenvalue weighted by Crippen LogP contribution is 2.21. The summed E-state index contributed by atoms with van der Waals surface area (Å²) in [4.78, 5) is 22.6. The maximum Gasteiger partial charge on any atom is 0.373 e. The largest absolute Gasteiger partial charge is 0.395 e. The summed E-state index contributed by atoms with van der Waals surface area (Å²) in [6.07, 6.45) is 13.6. The highest BCUT2D eigenvalue weighted by atomic mass is 16.8. The molecule has 0 aromatic heterocycles. The highest BCUT2D eigenvalue weighted by molar-refractivity contribution is 5.83. The molecule has 0 aliphatic carbocycles. The third-order valence-corrected chi connectivity index (χ3v) is 4.52. The summed E-state index contributed by atoms with van der Waals surface area (Å²) in [5.74, 6) is -4.01. The molecular formula is C22H38O6. The number of aliphatic hydroxyl groups excluding tert-OH is 1. The van der Waals surface area contributed by atoms with Crippen LogP contribution in [0.5, 0.6) is 0 Å². The normalized spacial score (nSPS) is 12.2. The fourth-order valence-corrected chi connectivity index (χ4v) is 2.89. The summed E-state index contributed by atoms with van der Waals surface area (Å²) in [5, 5.41) is 20.0. The molecule has 0 aliphatic rings. The van der Waals surface area contributed by atoms with Crippen LogP contribution < -0.4 is 0 Å². The number of ether oxygens (including phenoxy) is 2. The summed E-state index contributed by atoms with van der Waals surface area (Å²) in [5.41, 5.74) is 0. The first kappa shape index (κ1) is 26.3. The Morgan fingerprint density at radius 3 is 1.75 bits per heavy atom. The van der Waals surface area contributed by atoms with Crippen molar-refractivity contribution in [3.8, 4) is 0 Å². The second-order valence-electron chi connectivity index (χ2n) is 7.13. The molecule has 0 radical (unpaired) electrons. The zero-order valence-electron chi connectivity index (χ0n) is 17.4. The van der Waals surface area contributed by atoms with Crippen molar-refractivity contribution in [1.82, 2.24) is 0 Å². The third kappa shape index (κ3) is 14.4. The third-order valence-electron chi connectivity index (χ3n) is 4.52. The molecule has 0 amide bonds. The summed E-state index contributed by atoms with van der Waals surface area (Å²) in [7, 11) is 0. The zero-order valence-corrected chi connectivity index (χ0v) is 17.4. The van der Waals surface area contributed by atoms with Crippen LogP contribution in [0.3, 0.4) is 0 Å². The molecule has 28 heavy (non-hydrogen) atoms. The van der Waals surface area contributed by atoms with Gasteiger partial charge in [-0.2, -0.15) is 0 Å². The van der Waals surface area contributed by atoms with E-state index in [1.54, 1.807) is 0 Å². The number of unbranched alkanes of at least 4 members (excludes halogenated alkanes) is 8. The van der Waals surface area contributed by atoms with Gasteiger partial charge < -0.3 is 19.7 Å². The van der Waals surface area contributed by atoms with Gasteiger partial charge in [0, 0.05) is 12.2 Å². The lowest BCUT2D eigenvalue weighted by Crippen LogP contribution is -2.39. The van der Waals surface area contributed by atoms with E-state index in [1.807, 2.05) is 0 Å². The first-order chi connectivity index (χ1) is 13.4. The molecule has 1 unspecified atom stereocenters. The van der Waals surface area contributed by atoms with Gasteiger partial charge in [-0.1, -0.05) is 77.9 Å². The quantitative estimate of drug-likeness (QED) is 0.152. The molecule has 6 heteroatoms. The maximum absolute atomic E-state index is 11.3. The summed E-state index contributed by atoms with van der Waals surface area (Å²) >= 11 is 0. The molecule has 0 aliphatic heterocycles. The number of carbonyl (C=O) groups excluding carboxylic acids is 2. The van der Waals surface area contributed by atoms with Crippen LogP contribution in [0.2, 0.25) is 0 Å². The van der Waals surface area contributed by atoms with E-state index in [4.69, 9.17) is 9.47 Å². The van der Waals surface area contributed by atoms with Gasteiger partial charge in [-0.3, -0.25) is 0 Å². The molecule has 6 nitrogen and oxygen atoms in total. The van der Waals surface area contributed by atoms with Gasteiger partial charge in [0.1, 0.15) is 0 Å². The van der Waals surface area contributed by atoms with E-state index >= 15 is 0 Å². The average molecular weight is 399 g/mol. The van der Waals surface area contributed by atoms with Gasteiger partial charge in [-0.25, -0.2) is 9.59 Å². The number of rotatable bonds is 18. The fraction of sp³-hybridized carbons (Fsp3) is 0.727. The topological polar surface area (TPSA) is 93.1 Å². The van der Waals surface area contributed by atoms with Crippen LogP contribution >= 0.6 is 0 Å². The van der Waals surface area contributed by atoms with Crippen molar-refractivity contribution in [2.45, 2.75) is 102 Å². The van der Waals surface area contributed by atoms with Crippen LogP contribution in [0.25, 0.3) is 0 Å². The van der Waals surface area contributed by atoms with Crippen LogP contribution in [0, 0.1) is 0 Å². The van der Waals surface area contributed by atoms with Crippen LogP contribution in [-0.2, 0) is 19.1 Å². The van der Waals surface area contributed by atoms with Gasteiger partial charge >= 0.3 is 17.9 Å². The van der Waals surface area contributed by atoms with E-state index < -0.39 is 17.9 Å². The smallest absolute Gasteiger partial charge is 0.373 e. The molecule has 0 spiro atoms. The van der Waals surface area contributed by atoms with E-state index in [2.05, 4.69) is 20.1 Å². The monoisotopic (exact) mass is 398 g/mol. The Morgan fingerprint density at radius 1 is 0.857 bits per heavy atom. The second-order valence-corrected chi connectivity index (χ2v) is 7.13. The van der Waals surface area contributed by atoms with Crippen molar-refractivity contribution >= 4 is 11.9 Å². The number of hydrogen-bond acceptors (Lipinski definition) is 6. The van der Waals surface area contributed by atoms with E-state index in [0.717, 1.165) is 82.8 Å². The SMILES string of the molecule is C=CC(=O)OC(O)(CCCCCCCCCCC(O)CCCC)OC(=O)C=C. The lowest BCUT2D eigenvalue weighted by atomic mass is 10.0. The van der Waals surface area contributed by atoms with Gasteiger partial charge in [0.2, 0.25) is 0 Å². The molecule has 0 heterocycles. The summed E-state index contributed by atoms with van der Waals surface area (Å²) < 4.78 is 9.53. The van der Waals surface area contributed by atoms with Crippen molar-refractivity contribution < 1.29 is 29.3 Å². The van der Waals surface area contributed by atoms with E-state index in [9.17, 15) is 19.8 Å². The minimum absolute atomic E-state index is 0.00179. The van der Waals surface area contributed by atoms with Crippen LogP contribution in [0.1, 0.15) is 90.4 Å². The molecule has 0 saturated heterocycles. The Balaban J connectivity index is 3.84. The first-order valence-electron chi connectivity index (χ1n) is 10.5. The second kappa shape index (κ2) is 16.3. The molecular weight excluding hydrogens is 360 g/mol. The minimum Gasteiger partial charge on any atom is -0.395 e. The Kier molecular flexibility index (Phi) is 15.3. The Hall–Kier alpha value is -1.66. The Morgan fingerprint density at radius 2 is 1.29 bits per heavy atom. The predicted molar refractivity (Wildman–Crippen MR) is 109 cm³/mol. The molecule has 0 fully saturated rings. The molecule has 1 atom stereocenters. The van der Waals surface area contributed by atoms with Crippen molar-refractivity contribution in [1.29, 1.82) is 0 Å². The maximum atomic E-state index is 11.3. The van der Waals surface area contributed by atoms with Gasteiger partial charge in [-0.05, 0) is 19.3 Å². The van der Waals surface area contributed by atoms with Gasteiger partial charge in [0.05, 0.1) is 12.5 Å². The Bertz CT molecular complexity index is 438. The molecule has 0 bridgehead atoms. The van der Waals surface area contributed by atoms with Gasteiger partial charge in [0.25, 0.3) is 0 Å². The van der Waals surface area contributed by atoms with Crippen LogP contribution in [0.15, 0.2) is 25.3 Å². The summed E-state index contributed by atoms with van der Waals surface area (Å²) in [6, 6.07) is 0. The fourth-order valence-electron chi connectivity index (χ4n) is 2.89. The molecule has 0 saturated carbocycles. The molecule has 162 valence electrons.